The van der Waals surface area contributed by atoms with E-state index in [0.717, 1.165) is 19.0 Å². The Kier molecular flexibility index (Phi) is 4.40. The van der Waals surface area contributed by atoms with Crippen molar-refractivity contribution in [3.8, 4) is 0 Å². The highest BCUT2D eigenvalue weighted by molar-refractivity contribution is 5.02. The highest BCUT2D eigenvalue weighted by Gasteiger charge is 2.12. The molecular weight excluding hydrogens is 198 g/mol. The molecule has 90 valence electrons. The van der Waals surface area contributed by atoms with Crippen molar-refractivity contribution in [1.82, 2.24) is 15.1 Å². The summed E-state index contributed by atoms with van der Waals surface area (Å²) < 4.78 is 1.86. The van der Waals surface area contributed by atoms with E-state index in [9.17, 15) is 0 Å². The molecule has 0 spiro atoms. The van der Waals surface area contributed by atoms with E-state index in [4.69, 9.17) is 0 Å². The largest absolute Gasteiger partial charge is 0.313 e. The van der Waals surface area contributed by atoms with Crippen LogP contribution in [-0.4, -0.2) is 16.3 Å². The molecular formula is C13H23N3. The third-order valence-electron chi connectivity index (χ3n) is 3.54. The molecule has 3 nitrogen and oxygen atoms in total. The van der Waals surface area contributed by atoms with Gasteiger partial charge in [-0.2, -0.15) is 5.10 Å². The Morgan fingerprint density at radius 2 is 2.19 bits per heavy atom. The van der Waals surface area contributed by atoms with Gasteiger partial charge in [0.05, 0.1) is 6.20 Å². The Labute approximate surface area is 98.2 Å². The maximum absolute atomic E-state index is 4.16. The molecule has 0 amide bonds. The first-order valence-electron chi connectivity index (χ1n) is 6.53. The van der Waals surface area contributed by atoms with Gasteiger partial charge in [0.15, 0.2) is 0 Å². The Morgan fingerprint density at radius 3 is 2.88 bits per heavy atom. The fraction of sp³-hybridized carbons (Fsp3) is 0.769. The van der Waals surface area contributed by atoms with Crippen molar-refractivity contribution in [2.75, 3.05) is 6.54 Å². The SMILES string of the molecule is Cn1cc(CNCCC2CCCCC2)cn1. The predicted octanol–water partition coefficient (Wildman–Crippen LogP) is 2.48. The molecule has 1 aliphatic carbocycles. The molecule has 0 radical (unpaired) electrons. The highest BCUT2D eigenvalue weighted by Crippen LogP contribution is 2.25. The third-order valence-corrected chi connectivity index (χ3v) is 3.54. The molecule has 1 aromatic rings. The van der Waals surface area contributed by atoms with Crippen LogP contribution in [0.15, 0.2) is 12.4 Å². The normalized spacial score (nSPS) is 17.8. The van der Waals surface area contributed by atoms with E-state index < -0.39 is 0 Å². The summed E-state index contributed by atoms with van der Waals surface area (Å²) >= 11 is 0. The van der Waals surface area contributed by atoms with Crippen molar-refractivity contribution >= 4 is 0 Å². The number of nitrogens with zero attached hydrogens (tertiary/aromatic N) is 2. The molecule has 0 atom stereocenters. The van der Waals surface area contributed by atoms with Gasteiger partial charge < -0.3 is 5.32 Å². The minimum absolute atomic E-state index is 0.959. The minimum atomic E-state index is 0.959. The lowest BCUT2D eigenvalue weighted by atomic mass is 9.87. The van der Waals surface area contributed by atoms with E-state index in [0.29, 0.717) is 0 Å². The lowest BCUT2D eigenvalue weighted by Crippen LogP contribution is -2.18. The lowest BCUT2D eigenvalue weighted by Gasteiger charge is -2.21. The van der Waals surface area contributed by atoms with Crippen LogP contribution in [-0.2, 0) is 13.6 Å². The van der Waals surface area contributed by atoms with Gasteiger partial charge in [0.2, 0.25) is 0 Å². The number of aryl methyl sites for hydroxylation is 1. The number of rotatable bonds is 5. The van der Waals surface area contributed by atoms with Crippen LogP contribution in [0.25, 0.3) is 0 Å². The van der Waals surface area contributed by atoms with Crippen LogP contribution < -0.4 is 5.32 Å². The summed E-state index contributed by atoms with van der Waals surface area (Å²) in [6.45, 7) is 2.11. The van der Waals surface area contributed by atoms with Gasteiger partial charge in [0.1, 0.15) is 0 Å². The lowest BCUT2D eigenvalue weighted by molar-refractivity contribution is 0.334. The van der Waals surface area contributed by atoms with E-state index >= 15 is 0 Å². The predicted molar refractivity (Wildman–Crippen MR) is 66.1 cm³/mol. The van der Waals surface area contributed by atoms with E-state index in [-0.39, 0.29) is 0 Å². The van der Waals surface area contributed by atoms with Crippen LogP contribution in [0.5, 0.6) is 0 Å². The van der Waals surface area contributed by atoms with Crippen molar-refractivity contribution < 1.29 is 0 Å². The molecule has 0 unspecified atom stereocenters. The Balaban J connectivity index is 1.57. The maximum Gasteiger partial charge on any atom is 0.0534 e. The van der Waals surface area contributed by atoms with Gasteiger partial charge in [-0.3, -0.25) is 4.68 Å². The molecule has 1 fully saturated rings. The second kappa shape index (κ2) is 6.04. The Bertz CT molecular complexity index is 300. The zero-order valence-electron chi connectivity index (χ0n) is 10.3. The first-order valence-corrected chi connectivity index (χ1v) is 6.53. The van der Waals surface area contributed by atoms with Gasteiger partial charge in [-0.05, 0) is 18.9 Å². The first-order chi connectivity index (χ1) is 7.84. The number of hydrogen-bond donors (Lipinski definition) is 1. The van der Waals surface area contributed by atoms with Crippen molar-refractivity contribution in [2.24, 2.45) is 13.0 Å². The number of nitrogens with one attached hydrogen (secondary N) is 1. The smallest absolute Gasteiger partial charge is 0.0534 e. The summed E-state index contributed by atoms with van der Waals surface area (Å²) in [5.41, 5.74) is 1.28. The van der Waals surface area contributed by atoms with E-state index in [1.807, 2.05) is 17.9 Å². The molecule has 0 saturated heterocycles. The third kappa shape index (κ3) is 3.63. The summed E-state index contributed by atoms with van der Waals surface area (Å²) in [6, 6.07) is 0. The molecule has 16 heavy (non-hydrogen) atoms. The van der Waals surface area contributed by atoms with E-state index in [1.54, 1.807) is 0 Å². The average molecular weight is 221 g/mol. The van der Waals surface area contributed by atoms with Crippen molar-refractivity contribution in [2.45, 2.75) is 45.1 Å². The van der Waals surface area contributed by atoms with Crippen LogP contribution in [0.4, 0.5) is 0 Å². The first kappa shape index (κ1) is 11.6. The van der Waals surface area contributed by atoms with Crippen LogP contribution in [0.3, 0.4) is 0 Å². The second-order valence-corrected chi connectivity index (χ2v) is 4.99. The summed E-state index contributed by atoms with van der Waals surface area (Å²) in [4.78, 5) is 0. The monoisotopic (exact) mass is 221 g/mol. The van der Waals surface area contributed by atoms with Crippen LogP contribution in [0.2, 0.25) is 0 Å². The summed E-state index contributed by atoms with van der Waals surface area (Å²) in [6.07, 6.45) is 12.6. The Morgan fingerprint density at radius 1 is 1.38 bits per heavy atom. The maximum atomic E-state index is 4.16. The van der Waals surface area contributed by atoms with Crippen LogP contribution in [0, 0.1) is 5.92 Å². The fourth-order valence-electron chi connectivity index (χ4n) is 2.58. The molecule has 0 bridgehead atoms. The van der Waals surface area contributed by atoms with Gasteiger partial charge in [0.25, 0.3) is 0 Å². The molecule has 1 aromatic heterocycles. The summed E-state index contributed by atoms with van der Waals surface area (Å²) in [5.74, 6) is 0.982. The van der Waals surface area contributed by atoms with Gasteiger partial charge in [-0.15, -0.1) is 0 Å². The minimum Gasteiger partial charge on any atom is -0.313 e. The molecule has 1 aliphatic rings. The number of aromatic nitrogens is 2. The van der Waals surface area contributed by atoms with Crippen LogP contribution >= 0.6 is 0 Å². The number of hydrogen-bond acceptors (Lipinski definition) is 2. The molecule has 1 heterocycles. The van der Waals surface area contributed by atoms with E-state index in [1.165, 1.54) is 44.1 Å². The van der Waals surface area contributed by atoms with E-state index in [2.05, 4.69) is 16.6 Å². The van der Waals surface area contributed by atoms with Gasteiger partial charge in [-0.25, -0.2) is 0 Å². The van der Waals surface area contributed by atoms with Gasteiger partial charge in [0, 0.05) is 25.4 Å². The van der Waals surface area contributed by atoms with Gasteiger partial charge >= 0.3 is 0 Å². The average Bonchev–Trinajstić information content (AvgIpc) is 2.72. The molecule has 1 saturated carbocycles. The quantitative estimate of drug-likeness (QED) is 0.774. The topological polar surface area (TPSA) is 29.9 Å². The Hall–Kier alpha value is -0.830. The molecule has 3 heteroatoms. The van der Waals surface area contributed by atoms with Crippen molar-refractivity contribution in [1.29, 1.82) is 0 Å². The molecule has 2 rings (SSSR count). The second-order valence-electron chi connectivity index (χ2n) is 4.99. The highest BCUT2D eigenvalue weighted by atomic mass is 15.2. The zero-order chi connectivity index (χ0) is 11.2. The zero-order valence-corrected chi connectivity index (χ0v) is 10.3. The standard InChI is InChI=1S/C13H23N3/c1-16-11-13(10-15-16)9-14-8-7-12-5-3-2-4-6-12/h10-12,14H,2-9H2,1H3. The van der Waals surface area contributed by atoms with Gasteiger partial charge in [-0.1, -0.05) is 32.1 Å². The molecule has 0 aliphatic heterocycles. The summed E-state index contributed by atoms with van der Waals surface area (Å²) in [5, 5.41) is 7.67. The molecule has 0 aromatic carbocycles. The summed E-state index contributed by atoms with van der Waals surface area (Å²) in [7, 11) is 1.96. The van der Waals surface area contributed by atoms with Crippen LogP contribution in [0.1, 0.15) is 44.1 Å². The van der Waals surface area contributed by atoms with Crippen molar-refractivity contribution in [3.63, 3.8) is 0 Å². The molecule has 1 N–H and O–H groups in total. The fourth-order valence-corrected chi connectivity index (χ4v) is 2.58. The van der Waals surface area contributed by atoms with Crippen molar-refractivity contribution in [3.05, 3.63) is 18.0 Å².